The number of hydrogen-bond donors (Lipinski definition) is 2. The van der Waals surface area contributed by atoms with Crippen LogP contribution in [0.1, 0.15) is 11.1 Å². The molecule has 0 radical (unpaired) electrons. The maximum atomic E-state index is 12.1. The van der Waals surface area contributed by atoms with Crippen LogP contribution in [0, 0.1) is 0 Å². The van der Waals surface area contributed by atoms with Crippen LogP contribution in [0.25, 0.3) is 0 Å². The summed E-state index contributed by atoms with van der Waals surface area (Å²) in [6.07, 6.45) is 0.575. The molecule has 0 atom stereocenters. The molecule has 112 valence electrons. The van der Waals surface area contributed by atoms with E-state index < -0.39 is 10.0 Å². The van der Waals surface area contributed by atoms with Crippen LogP contribution >= 0.6 is 11.6 Å². The van der Waals surface area contributed by atoms with Gasteiger partial charge in [0.25, 0.3) is 0 Å². The van der Waals surface area contributed by atoms with Crippen LogP contribution in [-0.2, 0) is 23.1 Å². The van der Waals surface area contributed by atoms with E-state index >= 15 is 0 Å². The number of nitrogens with one attached hydrogen (secondary N) is 1. The molecule has 0 spiro atoms. The average Bonchev–Trinajstić information content (AvgIpc) is 2.48. The van der Waals surface area contributed by atoms with Crippen molar-refractivity contribution in [1.29, 1.82) is 0 Å². The van der Waals surface area contributed by atoms with Crippen LogP contribution in [0.2, 0.25) is 5.02 Å². The van der Waals surface area contributed by atoms with Gasteiger partial charge in [0.05, 0.1) is 11.5 Å². The Balaban J connectivity index is 1.95. The van der Waals surface area contributed by atoms with Crippen molar-refractivity contribution < 1.29 is 13.5 Å². The molecule has 2 N–H and O–H groups in total. The van der Waals surface area contributed by atoms with E-state index in [1.165, 1.54) is 12.1 Å². The molecule has 0 saturated carbocycles. The Morgan fingerprint density at radius 1 is 1.05 bits per heavy atom. The van der Waals surface area contributed by atoms with E-state index in [0.717, 1.165) is 11.1 Å². The van der Waals surface area contributed by atoms with Crippen LogP contribution in [0.5, 0.6) is 0 Å². The molecule has 0 aromatic heterocycles. The smallest absolute Gasteiger partial charge is 0.240 e. The second-order valence-corrected chi connectivity index (χ2v) is 6.78. The summed E-state index contributed by atoms with van der Waals surface area (Å²) >= 11 is 5.80. The lowest BCUT2D eigenvalue weighted by Gasteiger charge is -2.07. The molecule has 0 bridgehead atoms. The molecule has 0 heterocycles. The Kier molecular flexibility index (Phi) is 5.36. The maximum absolute atomic E-state index is 12.1. The van der Waals surface area contributed by atoms with E-state index in [1.807, 2.05) is 24.3 Å². The molecule has 0 unspecified atom stereocenters. The summed E-state index contributed by atoms with van der Waals surface area (Å²) in [7, 11) is -3.54. The van der Waals surface area contributed by atoms with E-state index in [-0.39, 0.29) is 11.5 Å². The predicted octanol–water partition coefficient (Wildman–Crippen LogP) is 2.35. The molecule has 4 nitrogen and oxygen atoms in total. The van der Waals surface area contributed by atoms with E-state index in [1.54, 1.807) is 12.1 Å². The predicted molar refractivity (Wildman–Crippen MR) is 82.7 cm³/mol. The van der Waals surface area contributed by atoms with Crippen molar-refractivity contribution in [2.45, 2.75) is 17.9 Å². The Morgan fingerprint density at radius 3 is 2.33 bits per heavy atom. The second kappa shape index (κ2) is 7.04. The Bertz CT molecular complexity index is 699. The molecule has 0 aliphatic carbocycles. The van der Waals surface area contributed by atoms with Gasteiger partial charge < -0.3 is 5.11 Å². The lowest BCUT2D eigenvalue weighted by atomic mass is 10.1. The number of halogens is 1. The summed E-state index contributed by atoms with van der Waals surface area (Å²) in [6.45, 7) is 0.301. The molecule has 0 saturated heterocycles. The van der Waals surface area contributed by atoms with E-state index in [9.17, 15) is 8.42 Å². The molecule has 0 aliphatic rings. The largest absolute Gasteiger partial charge is 0.392 e. The standard InChI is InChI=1S/C15H16ClNO3S/c16-14-2-1-3-15(10-14)21(19,20)17-9-8-12-4-6-13(11-18)7-5-12/h1-7,10,17-18H,8-9,11H2. The minimum atomic E-state index is -3.54. The zero-order valence-electron chi connectivity index (χ0n) is 11.3. The van der Waals surface area contributed by atoms with Crippen molar-refractivity contribution in [3.05, 3.63) is 64.7 Å². The van der Waals surface area contributed by atoms with Crippen molar-refractivity contribution >= 4 is 21.6 Å². The highest BCUT2D eigenvalue weighted by atomic mass is 35.5. The summed E-state index contributed by atoms with van der Waals surface area (Å²) in [4.78, 5) is 0.158. The van der Waals surface area contributed by atoms with Crippen LogP contribution in [-0.4, -0.2) is 20.1 Å². The van der Waals surface area contributed by atoms with Crippen molar-refractivity contribution in [3.8, 4) is 0 Å². The molecular weight excluding hydrogens is 310 g/mol. The topological polar surface area (TPSA) is 66.4 Å². The fourth-order valence-electron chi connectivity index (χ4n) is 1.86. The lowest BCUT2D eigenvalue weighted by molar-refractivity contribution is 0.282. The molecule has 0 aliphatic heterocycles. The summed E-state index contributed by atoms with van der Waals surface area (Å²) < 4.78 is 26.7. The van der Waals surface area contributed by atoms with E-state index in [2.05, 4.69) is 4.72 Å². The number of benzene rings is 2. The first-order chi connectivity index (χ1) is 10.0. The molecule has 0 amide bonds. The number of sulfonamides is 1. The molecule has 2 rings (SSSR count). The van der Waals surface area contributed by atoms with Crippen LogP contribution in [0.15, 0.2) is 53.4 Å². The number of aliphatic hydroxyl groups excluding tert-OH is 1. The monoisotopic (exact) mass is 325 g/mol. The molecule has 6 heteroatoms. The third-order valence-electron chi connectivity index (χ3n) is 3.02. The number of rotatable bonds is 6. The summed E-state index contributed by atoms with van der Waals surface area (Å²) in [5.74, 6) is 0. The van der Waals surface area contributed by atoms with Gasteiger partial charge in [0.15, 0.2) is 0 Å². The zero-order chi connectivity index (χ0) is 15.3. The molecular formula is C15H16ClNO3S. The van der Waals surface area contributed by atoms with Gasteiger partial charge in [0.2, 0.25) is 10.0 Å². The van der Waals surface area contributed by atoms with Gasteiger partial charge >= 0.3 is 0 Å². The molecule has 2 aromatic rings. The highest BCUT2D eigenvalue weighted by Gasteiger charge is 2.13. The average molecular weight is 326 g/mol. The normalized spacial score (nSPS) is 11.5. The van der Waals surface area contributed by atoms with Gasteiger partial charge in [0, 0.05) is 11.6 Å². The Labute approximate surface area is 129 Å². The molecule has 21 heavy (non-hydrogen) atoms. The van der Waals surface area contributed by atoms with Crippen molar-refractivity contribution in [2.75, 3.05) is 6.54 Å². The van der Waals surface area contributed by atoms with Crippen molar-refractivity contribution in [3.63, 3.8) is 0 Å². The highest BCUT2D eigenvalue weighted by Crippen LogP contribution is 2.15. The minimum Gasteiger partial charge on any atom is -0.392 e. The van der Waals surface area contributed by atoms with E-state index in [4.69, 9.17) is 16.7 Å². The zero-order valence-corrected chi connectivity index (χ0v) is 12.9. The minimum absolute atomic E-state index is 0.00166. The quantitative estimate of drug-likeness (QED) is 0.856. The number of hydrogen-bond acceptors (Lipinski definition) is 3. The first kappa shape index (κ1) is 16.0. The van der Waals surface area contributed by atoms with Crippen LogP contribution < -0.4 is 4.72 Å². The Hall–Kier alpha value is -1.40. The molecule has 0 fully saturated rings. The lowest BCUT2D eigenvalue weighted by Crippen LogP contribution is -2.26. The second-order valence-electron chi connectivity index (χ2n) is 4.58. The fraction of sp³-hybridized carbons (Fsp3) is 0.200. The fourth-order valence-corrected chi connectivity index (χ4v) is 3.19. The van der Waals surface area contributed by atoms with Gasteiger partial charge in [-0.15, -0.1) is 0 Å². The van der Waals surface area contributed by atoms with Gasteiger partial charge in [-0.2, -0.15) is 0 Å². The van der Waals surface area contributed by atoms with Gasteiger partial charge in [0.1, 0.15) is 0 Å². The Morgan fingerprint density at radius 2 is 1.71 bits per heavy atom. The van der Waals surface area contributed by atoms with Crippen LogP contribution in [0.3, 0.4) is 0 Å². The van der Waals surface area contributed by atoms with Gasteiger partial charge in [-0.05, 0) is 35.7 Å². The summed E-state index contributed by atoms with van der Waals surface area (Å²) in [5.41, 5.74) is 1.83. The third kappa shape index (κ3) is 4.54. The maximum Gasteiger partial charge on any atom is 0.240 e. The first-order valence-electron chi connectivity index (χ1n) is 6.45. The number of aliphatic hydroxyl groups is 1. The van der Waals surface area contributed by atoms with Crippen molar-refractivity contribution in [1.82, 2.24) is 4.72 Å². The third-order valence-corrected chi connectivity index (χ3v) is 4.71. The highest BCUT2D eigenvalue weighted by molar-refractivity contribution is 7.89. The summed E-state index contributed by atoms with van der Waals surface area (Å²) in [6, 6.07) is 13.5. The summed E-state index contributed by atoms with van der Waals surface area (Å²) in [5, 5.41) is 9.34. The first-order valence-corrected chi connectivity index (χ1v) is 8.31. The van der Waals surface area contributed by atoms with Gasteiger partial charge in [-0.3, -0.25) is 0 Å². The van der Waals surface area contributed by atoms with Gasteiger partial charge in [-0.1, -0.05) is 41.9 Å². The van der Waals surface area contributed by atoms with Crippen molar-refractivity contribution in [2.24, 2.45) is 0 Å². The molecule has 2 aromatic carbocycles. The van der Waals surface area contributed by atoms with E-state index in [0.29, 0.717) is 18.0 Å². The van der Waals surface area contributed by atoms with Gasteiger partial charge in [-0.25, -0.2) is 13.1 Å². The van der Waals surface area contributed by atoms with Crippen LogP contribution in [0.4, 0.5) is 0 Å². The SMILES string of the molecule is O=S(=O)(NCCc1ccc(CO)cc1)c1cccc(Cl)c1.